The van der Waals surface area contributed by atoms with E-state index in [0.717, 1.165) is 17.9 Å². The molecule has 0 bridgehead atoms. The minimum atomic E-state index is -0.413. The highest BCUT2D eigenvalue weighted by Gasteiger charge is 2.36. The van der Waals surface area contributed by atoms with Crippen molar-refractivity contribution in [1.29, 1.82) is 0 Å². The number of amides is 1. The highest BCUT2D eigenvalue weighted by molar-refractivity contribution is 6.15. The van der Waals surface area contributed by atoms with Gasteiger partial charge in [-0.15, -0.1) is 0 Å². The van der Waals surface area contributed by atoms with Gasteiger partial charge in [-0.05, 0) is 54.8 Å². The molecule has 1 saturated carbocycles. The molecular formula is C24H22FNO3. The summed E-state index contributed by atoms with van der Waals surface area (Å²) in [6.07, 6.45) is 1.14. The van der Waals surface area contributed by atoms with E-state index >= 15 is 0 Å². The van der Waals surface area contributed by atoms with Gasteiger partial charge in [-0.25, -0.2) is 4.39 Å². The Kier molecular flexibility index (Phi) is 5.05. The van der Waals surface area contributed by atoms with Crippen LogP contribution in [0.1, 0.15) is 57.1 Å². The van der Waals surface area contributed by atoms with Crippen LogP contribution < -0.4 is 0 Å². The number of ketones is 1. The molecule has 2 aromatic carbocycles. The van der Waals surface area contributed by atoms with Crippen molar-refractivity contribution in [2.75, 3.05) is 7.05 Å². The Morgan fingerprint density at radius 1 is 1.03 bits per heavy atom. The van der Waals surface area contributed by atoms with Crippen molar-refractivity contribution in [2.24, 2.45) is 5.92 Å². The SMILES string of the molecule is C[C@@H]1C[C@@H]1c1ccc(CN(C)C(=O)c2ccccc2C(=O)c2ccc(F)cc2)o1. The second kappa shape index (κ2) is 7.66. The predicted molar refractivity (Wildman–Crippen MR) is 107 cm³/mol. The standard InChI is InChI=1S/C24H22FNO3/c1-15-13-21(15)22-12-11-18(29-22)14-26(2)24(28)20-6-4-3-5-19(20)23(27)16-7-9-17(25)10-8-16/h3-12,15,21H,13-14H2,1-2H3/t15-,21+/m1/s1. The molecule has 1 aliphatic carbocycles. The average Bonchev–Trinajstić information content (AvgIpc) is 3.28. The maximum Gasteiger partial charge on any atom is 0.254 e. The van der Waals surface area contributed by atoms with Crippen LogP contribution in [0, 0.1) is 11.7 Å². The van der Waals surface area contributed by atoms with E-state index in [-0.39, 0.29) is 11.7 Å². The lowest BCUT2D eigenvalue weighted by atomic mass is 9.97. The van der Waals surface area contributed by atoms with E-state index in [1.165, 1.54) is 29.2 Å². The van der Waals surface area contributed by atoms with Crippen LogP contribution in [0.4, 0.5) is 4.39 Å². The highest BCUT2D eigenvalue weighted by atomic mass is 19.1. The fourth-order valence-electron chi connectivity index (χ4n) is 3.53. The molecule has 1 fully saturated rings. The molecule has 0 aliphatic heterocycles. The van der Waals surface area contributed by atoms with E-state index in [0.29, 0.717) is 35.1 Å². The molecule has 148 valence electrons. The molecule has 1 aliphatic rings. The molecule has 0 saturated heterocycles. The normalized spacial score (nSPS) is 17.8. The summed E-state index contributed by atoms with van der Waals surface area (Å²) in [4.78, 5) is 27.4. The number of nitrogens with zero attached hydrogens (tertiary/aromatic N) is 1. The molecule has 3 aromatic rings. The lowest BCUT2D eigenvalue weighted by molar-refractivity contribution is 0.0770. The Balaban J connectivity index is 1.53. The number of carbonyl (C=O) groups is 2. The fraction of sp³-hybridized carbons (Fsp3) is 0.250. The number of carbonyl (C=O) groups excluding carboxylic acids is 2. The number of hydrogen-bond acceptors (Lipinski definition) is 3. The van der Waals surface area contributed by atoms with Gasteiger partial charge in [0, 0.05) is 24.1 Å². The molecule has 4 rings (SSSR count). The van der Waals surface area contributed by atoms with Gasteiger partial charge in [-0.2, -0.15) is 0 Å². The summed E-state index contributed by atoms with van der Waals surface area (Å²) in [5.41, 5.74) is 0.943. The molecule has 5 heteroatoms. The zero-order valence-corrected chi connectivity index (χ0v) is 16.4. The van der Waals surface area contributed by atoms with Crippen LogP contribution in [0.5, 0.6) is 0 Å². The van der Waals surface area contributed by atoms with E-state index in [1.54, 1.807) is 31.3 Å². The van der Waals surface area contributed by atoms with E-state index in [4.69, 9.17) is 4.42 Å². The summed E-state index contributed by atoms with van der Waals surface area (Å²) in [5, 5.41) is 0. The molecule has 1 heterocycles. The maximum atomic E-state index is 13.2. The zero-order valence-electron chi connectivity index (χ0n) is 16.4. The molecule has 29 heavy (non-hydrogen) atoms. The van der Waals surface area contributed by atoms with Gasteiger partial charge in [-0.3, -0.25) is 9.59 Å². The molecule has 1 aromatic heterocycles. The van der Waals surface area contributed by atoms with Gasteiger partial charge < -0.3 is 9.32 Å². The predicted octanol–water partition coefficient (Wildman–Crippen LogP) is 5.05. The van der Waals surface area contributed by atoms with Gasteiger partial charge in [0.25, 0.3) is 5.91 Å². The summed E-state index contributed by atoms with van der Waals surface area (Å²) in [5.74, 6) is 1.83. The van der Waals surface area contributed by atoms with Crippen molar-refractivity contribution in [3.05, 3.63) is 94.7 Å². The molecule has 0 spiro atoms. The molecule has 0 radical (unpaired) electrons. The first-order chi connectivity index (χ1) is 13.9. The largest absolute Gasteiger partial charge is 0.464 e. The summed E-state index contributed by atoms with van der Waals surface area (Å²) in [6, 6.07) is 15.9. The molecule has 2 atom stereocenters. The summed E-state index contributed by atoms with van der Waals surface area (Å²) >= 11 is 0. The first-order valence-electron chi connectivity index (χ1n) is 9.67. The Hall–Kier alpha value is -3.21. The van der Waals surface area contributed by atoms with Crippen molar-refractivity contribution in [3.63, 3.8) is 0 Å². The zero-order chi connectivity index (χ0) is 20.5. The third-order valence-electron chi connectivity index (χ3n) is 5.41. The number of halogens is 1. The average molecular weight is 391 g/mol. The number of benzene rings is 2. The second-order valence-corrected chi connectivity index (χ2v) is 7.67. The molecular weight excluding hydrogens is 369 g/mol. The highest BCUT2D eigenvalue weighted by Crippen LogP contribution is 2.47. The summed E-state index contributed by atoms with van der Waals surface area (Å²) in [7, 11) is 1.68. The van der Waals surface area contributed by atoms with Crippen LogP contribution >= 0.6 is 0 Å². The van der Waals surface area contributed by atoms with Crippen molar-refractivity contribution in [2.45, 2.75) is 25.8 Å². The van der Waals surface area contributed by atoms with E-state index in [2.05, 4.69) is 6.92 Å². The van der Waals surface area contributed by atoms with Gasteiger partial charge in [0.15, 0.2) is 5.78 Å². The van der Waals surface area contributed by atoms with Crippen LogP contribution in [0.2, 0.25) is 0 Å². The molecule has 4 nitrogen and oxygen atoms in total. The van der Waals surface area contributed by atoms with Crippen molar-refractivity contribution >= 4 is 11.7 Å². The van der Waals surface area contributed by atoms with Gasteiger partial charge in [0.2, 0.25) is 0 Å². The Bertz CT molecular complexity index is 1050. The van der Waals surface area contributed by atoms with Gasteiger partial charge in [0.1, 0.15) is 17.3 Å². The van der Waals surface area contributed by atoms with E-state index in [9.17, 15) is 14.0 Å². The Morgan fingerprint density at radius 3 is 2.34 bits per heavy atom. The molecule has 1 amide bonds. The van der Waals surface area contributed by atoms with Crippen LogP contribution in [-0.2, 0) is 6.54 Å². The number of furan rings is 1. The minimum Gasteiger partial charge on any atom is -0.464 e. The lowest BCUT2D eigenvalue weighted by Crippen LogP contribution is -2.27. The Labute approximate surface area is 169 Å². The topological polar surface area (TPSA) is 50.5 Å². The van der Waals surface area contributed by atoms with Gasteiger partial charge >= 0.3 is 0 Å². The lowest BCUT2D eigenvalue weighted by Gasteiger charge is -2.17. The van der Waals surface area contributed by atoms with Gasteiger partial charge in [0.05, 0.1) is 12.1 Å². The molecule has 0 N–H and O–H groups in total. The van der Waals surface area contributed by atoms with Crippen LogP contribution in [0.25, 0.3) is 0 Å². The Morgan fingerprint density at radius 2 is 1.69 bits per heavy atom. The van der Waals surface area contributed by atoms with E-state index < -0.39 is 5.82 Å². The van der Waals surface area contributed by atoms with Crippen LogP contribution in [-0.4, -0.2) is 23.6 Å². The number of rotatable bonds is 6. The number of hydrogen-bond donors (Lipinski definition) is 0. The minimum absolute atomic E-state index is 0.270. The third kappa shape index (κ3) is 3.99. The maximum absolute atomic E-state index is 13.2. The first kappa shape index (κ1) is 19.1. The monoisotopic (exact) mass is 391 g/mol. The first-order valence-corrected chi connectivity index (χ1v) is 9.67. The molecule has 0 unspecified atom stereocenters. The van der Waals surface area contributed by atoms with E-state index in [1.807, 2.05) is 12.1 Å². The van der Waals surface area contributed by atoms with Crippen molar-refractivity contribution in [3.8, 4) is 0 Å². The second-order valence-electron chi connectivity index (χ2n) is 7.67. The summed E-state index contributed by atoms with van der Waals surface area (Å²) < 4.78 is 19.1. The third-order valence-corrected chi connectivity index (χ3v) is 5.41. The van der Waals surface area contributed by atoms with Crippen molar-refractivity contribution in [1.82, 2.24) is 4.90 Å². The van der Waals surface area contributed by atoms with Crippen molar-refractivity contribution < 1.29 is 18.4 Å². The smallest absolute Gasteiger partial charge is 0.254 e. The van der Waals surface area contributed by atoms with Crippen LogP contribution in [0.15, 0.2) is 65.1 Å². The van der Waals surface area contributed by atoms with Gasteiger partial charge in [-0.1, -0.05) is 25.1 Å². The summed E-state index contributed by atoms with van der Waals surface area (Å²) in [6.45, 7) is 2.51. The fourth-order valence-corrected chi connectivity index (χ4v) is 3.53. The quantitative estimate of drug-likeness (QED) is 0.553. The van der Waals surface area contributed by atoms with Crippen LogP contribution in [0.3, 0.4) is 0 Å².